The number of nitrogens with zero attached hydrogens (tertiary/aromatic N) is 4. The van der Waals surface area contributed by atoms with Gasteiger partial charge >= 0.3 is 0 Å². The average Bonchev–Trinajstić information content (AvgIpc) is 3.54. The van der Waals surface area contributed by atoms with Gasteiger partial charge in [0.25, 0.3) is 11.4 Å². The first-order valence-corrected chi connectivity index (χ1v) is 12.7. The minimum atomic E-state index is -0.422. The van der Waals surface area contributed by atoms with Crippen molar-refractivity contribution in [1.82, 2.24) is 20.1 Å². The number of rotatable bonds is 7. The number of carbonyl (C=O) groups is 1. The molecule has 0 spiro atoms. The van der Waals surface area contributed by atoms with Gasteiger partial charge in [-0.2, -0.15) is 0 Å². The fourth-order valence-corrected chi connectivity index (χ4v) is 4.93. The first-order chi connectivity index (χ1) is 18.0. The number of aromatic nitrogens is 3. The highest BCUT2D eigenvalue weighted by Crippen LogP contribution is 2.28. The normalized spacial score (nSPS) is 16.9. The quantitative estimate of drug-likeness (QED) is 0.378. The molecule has 0 saturated carbocycles. The highest BCUT2D eigenvalue weighted by atomic mass is 35.5. The molecule has 1 amide bonds. The molecule has 4 aromatic rings. The molecule has 2 aromatic heterocycles. The maximum atomic E-state index is 12.8. The molecule has 0 aliphatic carbocycles. The van der Waals surface area contributed by atoms with Gasteiger partial charge < -0.3 is 14.5 Å². The Morgan fingerprint density at radius 3 is 2.68 bits per heavy atom. The Balaban J connectivity index is 1.18. The van der Waals surface area contributed by atoms with E-state index in [0.29, 0.717) is 28.4 Å². The van der Waals surface area contributed by atoms with Crippen molar-refractivity contribution in [3.05, 3.63) is 99.8 Å². The van der Waals surface area contributed by atoms with E-state index in [9.17, 15) is 9.59 Å². The highest BCUT2D eigenvalue weighted by Gasteiger charge is 2.34. The molecule has 0 radical (unpaired) electrons. The minimum absolute atomic E-state index is 0.000430. The zero-order chi connectivity index (χ0) is 25.8. The number of nitrogens with one attached hydrogen (secondary N) is 1. The van der Waals surface area contributed by atoms with E-state index in [-0.39, 0.29) is 30.0 Å². The SMILES string of the molecule is CC1N=C(n2ccc(OCc3nnc(-c4ccc(Cl)cc4)o3)cc2=O)SC1C(=O)NCc1ccccc1. The van der Waals surface area contributed by atoms with Crippen molar-refractivity contribution in [2.45, 2.75) is 31.4 Å². The topological polar surface area (TPSA) is 112 Å². The number of benzene rings is 2. The van der Waals surface area contributed by atoms with Gasteiger partial charge in [-0.1, -0.05) is 53.7 Å². The van der Waals surface area contributed by atoms with Crippen molar-refractivity contribution in [2.24, 2.45) is 4.99 Å². The van der Waals surface area contributed by atoms with Gasteiger partial charge in [0.2, 0.25) is 11.8 Å². The summed E-state index contributed by atoms with van der Waals surface area (Å²) in [6.45, 7) is 2.30. The van der Waals surface area contributed by atoms with E-state index in [1.165, 1.54) is 22.4 Å². The van der Waals surface area contributed by atoms with Crippen LogP contribution >= 0.6 is 23.4 Å². The molecule has 0 bridgehead atoms. The molecule has 1 aliphatic heterocycles. The lowest BCUT2D eigenvalue weighted by molar-refractivity contribution is -0.120. The van der Waals surface area contributed by atoms with E-state index < -0.39 is 5.25 Å². The summed E-state index contributed by atoms with van der Waals surface area (Å²) in [7, 11) is 0. The molecule has 2 unspecified atom stereocenters. The third-order valence-electron chi connectivity index (χ3n) is 5.57. The highest BCUT2D eigenvalue weighted by molar-refractivity contribution is 8.15. The fraction of sp³-hybridized carbons (Fsp3) is 0.192. The summed E-state index contributed by atoms with van der Waals surface area (Å²) < 4.78 is 12.7. The van der Waals surface area contributed by atoms with Crippen molar-refractivity contribution < 1.29 is 13.9 Å². The maximum absolute atomic E-state index is 12.8. The molecule has 1 N–H and O–H groups in total. The fourth-order valence-electron chi connectivity index (χ4n) is 3.64. The second kappa shape index (κ2) is 11.0. The van der Waals surface area contributed by atoms with Crippen LogP contribution in [0.25, 0.3) is 11.5 Å². The predicted molar refractivity (Wildman–Crippen MR) is 142 cm³/mol. The zero-order valence-electron chi connectivity index (χ0n) is 19.7. The van der Waals surface area contributed by atoms with E-state index in [2.05, 4.69) is 20.5 Å². The Kier molecular flexibility index (Phi) is 7.38. The van der Waals surface area contributed by atoms with Gasteiger partial charge in [0.05, 0.1) is 6.04 Å². The van der Waals surface area contributed by atoms with Crippen LogP contribution in [-0.2, 0) is 17.9 Å². The summed E-state index contributed by atoms with van der Waals surface area (Å²) in [6.07, 6.45) is 1.58. The second-order valence-corrected chi connectivity index (χ2v) is 9.81. The zero-order valence-corrected chi connectivity index (χ0v) is 21.3. The first-order valence-electron chi connectivity index (χ1n) is 11.5. The monoisotopic (exact) mass is 535 g/mol. The molecule has 3 heterocycles. The Morgan fingerprint density at radius 1 is 1.14 bits per heavy atom. The molecule has 0 saturated heterocycles. The molecular weight excluding hydrogens is 514 g/mol. The summed E-state index contributed by atoms with van der Waals surface area (Å²) in [5, 5.41) is 11.6. The van der Waals surface area contributed by atoms with Crippen LogP contribution < -0.4 is 15.6 Å². The van der Waals surface area contributed by atoms with Gasteiger partial charge in [0.15, 0.2) is 11.8 Å². The van der Waals surface area contributed by atoms with E-state index in [4.69, 9.17) is 20.8 Å². The van der Waals surface area contributed by atoms with E-state index in [1.807, 2.05) is 37.3 Å². The van der Waals surface area contributed by atoms with Crippen molar-refractivity contribution in [3.63, 3.8) is 0 Å². The van der Waals surface area contributed by atoms with Gasteiger partial charge in [0.1, 0.15) is 11.0 Å². The second-order valence-electron chi connectivity index (χ2n) is 8.26. The van der Waals surface area contributed by atoms with Crippen molar-refractivity contribution in [2.75, 3.05) is 0 Å². The smallest absolute Gasteiger partial charge is 0.260 e. The Hall–Kier alpha value is -3.89. The third kappa shape index (κ3) is 5.92. The number of thioether (sulfide) groups is 1. The summed E-state index contributed by atoms with van der Waals surface area (Å²) in [4.78, 5) is 30.0. The van der Waals surface area contributed by atoms with Crippen molar-refractivity contribution in [1.29, 1.82) is 0 Å². The summed E-state index contributed by atoms with van der Waals surface area (Å²) in [6, 6.07) is 19.4. The lowest BCUT2D eigenvalue weighted by Gasteiger charge is -2.13. The number of ether oxygens (including phenoxy) is 1. The predicted octanol–water partition coefficient (Wildman–Crippen LogP) is 4.16. The van der Waals surface area contributed by atoms with Crippen LogP contribution in [-0.4, -0.2) is 37.1 Å². The molecule has 188 valence electrons. The number of hydrogen-bond donors (Lipinski definition) is 1. The molecule has 37 heavy (non-hydrogen) atoms. The molecule has 0 fully saturated rings. The Morgan fingerprint density at radius 2 is 1.92 bits per heavy atom. The van der Waals surface area contributed by atoms with Gasteiger partial charge in [-0.05, 0) is 42.8 Å². The van der Waals surface area contributed by atoms with E-state index >= 15 is 0 Å². The average molecular weight is 536 g/mol. The van der Waals surface area contributed by atoms with Crippen molar-refractivity contribution in [3.8, 4) is 17.2 Å². The van der Waals surface area contributed by atoms with Crippen LogP contribution in [0.1, 0.15) is 18.4 Å². The lowest BCUT2D eigenvalue weighted by atomic mass is 10.2. The number of pyridine rings is 1. The van der Waals surface area contributed by atoms with Crippen LogP contribution in [0.4, 0.5) is 0 Å². The molecule has 5 rings (SSSR count). The van der Waals surface area contributed by atoms with Gasteiger partial charge in [-0.15, -0.1) is 10.2 Å². The molecule has 11 heteroatoms. The van der Waals surface area contributed by atoms with Crippen LogP contribution in [0.5, 0.6) is 5.75 Å². The van der Waals surface area contributed by atoms with Gasteiger partial charge in [-0.3, -0.25) is 19.1 Å². The number of amides is 1. The largest absolute Gasteiger partial charge is 0.484 e. The Labute approximate surface area is 221 Å². The van der Waals surface area contributed by atoms with E-state index in [0.717, 1.165) is 11.1 Å². The van der Waals surface area contributed by atoms with Gasteiger partial charge in [-0.25, -0.2) is 0 Å². The van der Waals surface area contributed by atoms with Crippen LogP contribution in [0.3, 0.4) is 0 Å². The summed E-state index contributed by atoms with van der Waals surface area (Å²) >= 11 is 7.17. The maximum Gasteiger partial charge on any atom is 0.260 e. The molecule has 2 aromatic carbocycles. The summed E-state index contributed by atoms with van der Waals surface area (Å²) in [5.41, 5.74) is 1.43. The number of carbonyl (C=O) groups excluding carboxylic acids is 1. The summed E-state index contributed by atoms with van der Waals surface area (Å²) in [5.74, 6) is 0.841. The molecule has 2 atom stereocenters. The van der Waals surface area contributed by atoms with Gasteiger partial charge in [0, 0.05) is 29.4 Å². The first kappa shape index (κ1) is 24.8. The molecule has 1 aliphatic rings. The number of halogens is 1. The van der Waals surface area contributed by atoms with Crippen molar-refractivity contribution >= 4 is 34.4 Å². The van der Waals surface area contributed by atoms with E-state index in [1.54, 1.807) is 36.5 Å². The van der Waals surface area contributed by atoms with Crippen LogP contribution in [0, 0.1) is 0 Å². The van der Waals surface area contributed by atoms with Crippen LogP contribution in [0.2, 0.25) is 5.02 Å². The lowest BCUT2D eigenvalue weighted by Crippen LogP contribution is -2.36. The number of aliphatic imine (C=N–C) groups is 1. The number of hydrogen-bond acceptors (Lipinski definition) is 8. The Bertz CT molecular complexity index is 1490. The molecular formula is C26H22ClN5O4S. The molecule has 9 nitrogen and oxygen atoms in total. The third-order valence-corrected chi connectivity index (χ3v) is 7.20. The van der Waals surface area contributed by atoms with Crippen LogP contribution in [0.15, 0.2) is 87.1 Å². The standard InChI is InChI=1S/C26H22ClN5O4S/c1-16-23(24(34)28-14-17-5-3-2-4-6-17)37-26(29-16)32-12-11-20(13-22(32)33)35-15-21-30-31-25(36-21)18-7-9-19(27)10-8-18/h2-13,16,23H,14-15H2,1H3,(H,28,34). The minimum Gasteiger partial charge on any atom is -0.484 e.